The van der Waals surface area contributed by atoms with Crippen LogP contribution >= 0.6 is 11.8 Å². The molecule has 0 fully saturated rings. The Morgan fingerprint density at radius 1 is 1.12 bits per heavy atom. The van der Waals surface area contributed by atoms with Gasteiger partial charge < -0.3 is 9.47 Å². The topological polar surface area (TPSA) is 18.5 Å². The molecule has 0 aliphatic rings. The SMILES string of the molecule is C/C=C/C(Sc1ccccc1)C(OC)OC. The number of thioether (sulfide) groups is 1. The van der Waals surface area contributed by atoms with E-state index in [9.17, 15) is 0 Å². The van der Waals surface area contributed by atoms with Crippen molar-refractivity contribution in [3.63, 3.8) is 0 Å². The Morgan fingerprint density at radius 2 is 1.75 bits per heavy atom. The van der Waals surface area contributed by atoms with Crippen LogP contribution in [-0.2, 0) is 9.47 Å². The molecule has 0 radical (unpaired) electrons. The molecular formula is C13H18O2S. The number of allylic oxidation sites excluding steroid dienone is 1. The monoisotopic (exact) mass is 238 g/mol. The highest BCUT2D eigenvalue weighted by atomic mass is 32.2. The maximum atomic E-state index is 5.29. The summed E-state index contributed by atoms with van der Waals surface area (Å²) in [6.07, 6.45) is 3.89. The predicted octanol–water partition coefficient (Wildman–Crippen LogP) is 3.34. The van der Waals surface area contributed by atoms with Gasteiger partial charge in [0.15, 0.2) is 6.29 Å². The van der Waals surface area contributed by atoms with E-state index >= 15 is 0 Å². The van der Waals surface area contributed by atoms with E-state index in [0.717, 1.165) is 0 Å². The molecule has 0 spiro atoms. The van der Waals surface area contributed by atoms with E-state index in [0.29, 0.717) is 0 Å². The molecule has 2 nitrogen and oxygen atoms in total. The Balaban J connectivity index is 2.71. The number of hydrogen-bond donors (Lipinski definition) is 0. The third-order valence-corrected chi connectivity index (χ3v) is 3.33. The van der Waals surface area contributed by atoms with Gasteiger partial charge in [-0.2, -0.15) is 0 Å². The summed E-state index contributed by atoms with van der Waals surface area (Å²) in [7, 11) is 3.33. The van der Waals surface area contributed by atoms with E-state index < -0.39 is 0 Å². The average molecular weight is 238 g/mol. The van der Waals surface area contributed by atoms with Crippen molar-refractivity contribution in [1.29, 1.82) is 0 Å². The molecule has 1 aromatic rings. The summed E-state index contributed by atoms with van der Waals surface area (Å²) < 4.78 is 10.6. The first-order chi connectivity index (χ1) is 7.81. The van der Waals surface area contributed by atoms with Crippen molar-refractivity contribution >= 4 is 11.8 Å². The highest BCUT2D eigenvalue weighted by Gasteiger charge is 2.18. The quantitative estimate of drug-likeness (QED) is 0.430. The summed E-state index contributed by atoms with van der Waals surface area (Å²) in [5.41, 5.74) is 0. The van der Waals surface area contributed by atoms with E-state index in [1.54, 1.807) is 26.0 Å². The van der Waals surface area contributed by atoms with Crippen LogP contribution in [0.25, 0.3) is 0 Å². The molecule has 88 valence electrons. The zero-order valence-electron chi connectivity index (χ0n) is 9.92. The molecule has 0 saturated carbocycles. The Morgan fingerprint density at radius 3 is 2.25 bits per heavy atom. The van der Waals surface area contributed by atoms with Crippen molar-refractivity contribution in [3.8, 4) is 0 Å². The van der Waals surface area contributed by atoms with Crippen molar-refractivity contribution in [2.45, 2.75) is 23.4 Å². The van der Waals surface area contributed by atoms with Crippen molar-refractivity contribution in [3.05, 3.63) is 42.5 Å². The molecule has 1 atom stereocenters. The van der Waals surface area contributed by atoms with Crippen molar-refractivity contribution in [2.75, 3.05) is 14.2 Å². The third-order valence-electron chi connectivity index (χ3n) is 2.13. The van der Waals surface area contributed by atoms with Crippen LogP contribution in [0.5, 0.6) is 0 Å². The number of ether oxygens (including phenoxy) is 2. The second kappa shape index (κ2) is 7.49. The van der Waals surface area contributed by atoms with Gasteiger partial charge in [-0.05, 0) is 19.1 Å². The highest BCUT2D eigenvalue weighted by molar-refractivity contribution is 8.00. The Bertz CT molecular complexity index is 307. The molecule has 0 amide bonds. The van der Waals surface area contributed by atoms with Crippen LogP contribution in [0.15, 0.2) is 47.4 Å². The van der Waals surface area contributed by atoms with Crippen LogP contribution in [0.1, 0.15) is 6.92 Å². The Hall–Kier alpha value is -0.770. The van der Waals surface area contributed by atoms with Gasteiger partial charge in [-0.25, -0.2) is 0 Å². The Labute approximate surface area is 102 Å². The molecule has 3 heteroatoms. The first-order valence-electron chi connectivity index (χ1n) is 5.22. The second-order valence-corrected chi connectivity index (χ2v) is 4.51. The third kappa shape index (κ3) is 4.00. The summed E-state index contributed by atoms with van der Waals surface area (Å²) in [6.45, 7) is 2.00. The fourth-order valence-electron chi connectivity index (χ4n) is 1.40. The summed E-state index contributed by atoms with van der Waals surface area (Å²) in [5, 5.41) is 0.169. The smallest absolute Gasteiger partial charge is 0.172 e. The molecule has 0 aliphatic carbocycles. The van der Waals surface area contributed by atoms with Crippen LogP contribution in [0.2, 0.25) is 0 Å². The molecular weight excluding hydrogens is 220 g/mol. The lowest BCUT2D eigenvalue weighted by molar-refractivity contribution is -0.0949. The molecule has 0 heterocycles. The van der Waals surface area contributed by atoms with Gasteiger partial charge in [0.05, 0.1) is 5.25 Å². The number of rotatable bonds is 6. The van der Waals surface area contributed by atoms with Crippen LogP contribution in [0.4, 0.5) is 0 Å². The molecule has 0 aromatic heterocycles. The standard InChI is InChI=1S/C13H18O2S/c1-4-8-12(13(14-2)15-3)16-11-9-6-5-7-10-11/h4-10,12-13H,1-3H3/b8-4+. The molecule has 0 bridgehead atoms. The maximum Gasteiger partial charge on any atom is 0.172 e. The van der Waals surface area contributed by atoms with Crippen molar-refractivity contribution in [1.82, 2.24) is 0 Å². The predicted molar refractivity (Wildman–Crippen MR) is 68.7 cm³/mol. The van der Waals surface area contributed by atoms with E-state index in [2.05, 4.69) is 18.2 Å². The lowest BCUT2D eigenvalue weighted by Gasteiger charge is -2.21. The summed E-state index contributed by atoms with van der Waals surface area (Å²) in [4.78, 5) is 1.21. The summed E-state index contributed by atoms with van der Waals surface area (Å²) in [5.74, 6) is 0. The maximum absolute atomic E-state index is 5.29. The highest BCUT2D eigenvalue weighted by Crippen LogP contribution is 2.27. The van der Waals surface area contributed by atoms with Crippen molar-refractivity contribution in [2.24, 2.45) is 0 Å². The van der Waals surface area contributed by atoms with Crippen LogP contribution in [0.3, 0.4) is 0 Å². The molecule has 1 aromatic carbocycles. The molecule has 0 aliphatic heterocycles. The van der Waals surface area contributed by atoms with Crippen molar-refractivity contribution < 1.29 is 9.47 Å². The fourth-order valence-corrected chi connectivity index (χ4v) is 2.59. The fraction of sp³-hybridized carbons (Fsp3) is 0.385. The minimum absolute atomic E-state index is 0.169. The van der Waals surface area contributed by atoms with Gasteiger partial charge in [-0.15, -0.1) is 11.8 Å². The van der Waals surface area contributed by atoms with Gasteiger partial charge in [0, 0.05) is 19.1 Å². The largest absolute Gasteiger partial charge is 0.354 e. The van der Waals surface area contributed by atoms with Gasteiger partial charge in [-0.3, -0.25) is 0 Å². The number of hydrogen-bond acceptors (Lipinski definition) is 3. The zero-order valence-corrected chi connectivity index (χ0v) is 10.7. The zero-order chi connectivity index (χ0) is 11.8. The van der Waals surface area contributed by atoms with Gasteiger partial charge in [0.25, 0.3) is 0 Å². The second-order valence-electron chi connectivity index (χ2n) is 3.26. The molecule has 0 saturated heterocycles. The normalized spacial score (nSPS) is 13.5. The number of methoxy groups -OCH3 is 2. The van der Waals surface area contributed by atoms with E-state index in [4.69, 9.17) is 9.47 Å². The van der Waals surface area contributed by atoms with E-state index in [1.807, 2.05) is 31.2 Å². The summed E-state index contributed by atoms with van der Waals surface area (Å²) >= 11 is 1.73. The van der Waals surface area contributed by atoms with E-state index in [1.165, 1.54) is 4.90 Å². The molecule has 1 rings (SSSR count). The van der Waals surface area contributed by atoms with Gasteiger partial charge >= 0.3 is 0 Å². The van der Waals surface area contributed by atoms with Gasteiger partial charge in [-0.1, -0.05) is 30.4 Å². The Kier molecular flexibility index (Phi) is 6.23. The lowest BCUT2D eigenvalue weighted by atomic mass is 10.3. The molecule has 1 unspecified atom stereocenters. The first-order valence-corrected chi connectivity index (χ1v) is 6.10. The van der Waals surface area contributed by atoms with Crippen LogP contribution < -0.4 is 0 Å². The van der Waals surface area contributed by atoms with Crippen LogP contribution in [0, 0.1) is 0 Å². The average Bonchev–Trinajstić information content (AvgIpc) is 2.32. The van der Waals surface area contributed by atoms with Gasteiger partial charge in [0.1, 0.15) is 0 Å². The molecule has 0 N–H and O–H groups in total. The van der Waals surface area contributed by atoms with E-state index in [-0.39, 0.29) is 11.5 Å². The summed E-state index contributed by atoms with van der Waals surface area (Å²) in [6, 6.07) is 10.2. The van der Waals surface area contributed by atoms with Gasteiger partial charge in [0.2, 0.25) is 0 Å². The molecule has 16 heavy (non-hydrogen) atoms. The van der Waals surface area contributed by atoms with Crippen LogP contribution in [-0.4, -0.2) is 25.8 Å². The number of benzene rings is 1. The lowest BCUT2D eigenvalue weighted by Crippen LogP contribution is -2.25. The minimum Gasteiger partial charge on any atom is -0.354 e. The minimum atomic E-state index is -0.221. The first kappa shape index (κ1) is 13.3.